The van der Waals surface area contributed by atoms with Crippen molar-refractivity contribution in [3.63, 3.8) is 0 Å². The van der Waals surface area contributed by atoms with Crippen LogP contribution in [0.4, 0.5) is 5.69 Å². The molecule has 0 aliphatic rings. The molecule has 0 aliphatic carbocycles. The summed E-state index contributed by atoms with van der Waals surface area (Å²) in [6, 6.07) is 19.3. The van der Waals surface area contributed by atoms with Gasteiger partial charge in [0.05, 0.1) is 17.6 Å². The van der Waals surface area contributed by atoms with Crippen LogP contribution >= 0.6 is 0 Å². The van der Waals surface area contributed by atoms with Gasteiger partial charge in [-0.05, 0) is 48.5 Å². The van der Waals surface area contributed by atoms with Crippen LogP contribution in [0.15, 0.2) is 83.9 Å². The molecule has 0 fully saturated rings. The number of carbonyl (C=O) groups is 2. The van der Waals surface area contributed by atoms with E-state index < -0.39 is 21.8 Å². The molecule has 0 saturated carbocycles. The molecule has 0 aliphatic heterocycles. The second-order valence-corrected chi connectivity index (χ2v) is 9.12. The average molecular weight is 479 g/mol. The van der Waals surface area contributed by atoms with Crippen molar-refractivity contribution in [2.75, 3.05) is 11.8 Å². The standard InChI is InChI=1S/C24H22N4O5S/c1-28-15-21(20-8-3-4-9-22(20)28)24(30)26-25-23(29)16-6-5-7-19(14-16)34(31,32)27-17-10-12-18(33-2)13-11-17/h3-15,27H,1-2H3,(H,25,29)(H,26,30). The van der Waals surface area contributed by atoms with E-state index in [2.05, 4.69) is 15.6 Å². The number of para-hydroxylation sites is 1. The Bertz CT molecular complexity index is 1480. The number of ether oxygens (including phenoxy) is 1. The molecule has 174 valence electrons. The smallest absolute Gasteiger partial charge is 0.271 e. The minimum absolute atomic E-state index is 0.0656. The minimum Gasteiger partial charge on any atom is -0.497 e. The van der Waals surface area contributed by atoms with Gasteiger partial charge >= 0.3 is 0 Å². The van der Waals surface area contributed by atoms with Crippen molar-refractivity contribution in [3.05, 3.63) is 90.1 Å². The SMILES string of the molecule is COc1ccc(NS(=O)(=O)c2cccc(C(=O)NNC(=O)c3cn(C)c4ccccc34)c2)cc1. The number of amides is 2. The molecule has 0 spiro atoms. The summed E-state index contributed by atoms with van der Waals surface area (Å²) in [6.07, 6.45) is 1.67. The first-order valence-electron chi connectivity index (χ1n) is 10.2. The number of nitrogens with one attached hydrogen (secondary N) is 3. The second kappa shape index (κ2) is 9.28. The fourth-order valence-electron chi connectivity index (χ4n) is 3.45. The first-order chi connectivity index (χ1) is 16.3. The zero-order valence-corrected chi connectivity index (χ0v) is 19.2. The zero-order valence-electron chi connectivity index (χ0n) is 18.4. The lowest BCUT2D eigenvalue weighted by Gasteiger charge is -2.11. The zero-order chi connectivity index (χ0) is 24.3. The van der Waals surface area contributed by atoms with Crippen molar-refractivity contribution < 1.29 is 22.7 Å². The molecule has 3 N–H and O–H groups in total. The summed E-state index contributed by atoms with van der Waals surface area (Å²) in [6.45, 7) is 0. The van der Waals surface area contributed by atoms with Crippen LogP contribution in [-0.4, -0.2) is 31.9 Å². The maximum atomic E-state index is 12.8. The van der Waals surface area contributed by atoms with E-state index in [0.29, 0.717) is 17.0 Å². The number of fused-ring (bicyclic) bond motifs is 1. The maximum absolute atomic E-state index is 12.8. The normalized spacial score (nSPS) is 11.1. The molecule has 3 aromatic carbocycles. The van der Waals surface area contributed by atoms with Crippen molar-refractivity contribution in [3.8, 4) is 5.75 Å². The molecule has 0 atom stereocenters. The number of carbonyl (C=O) groups excluding carboxylic acids is 2. The van der Waals surface area contributed by atoms with E-state index in [1.165, 1.54) is 31.4 Å². The van der Waals surface area contributed by atoms with E-state index in [-0.39, 0.29) is 10.5 Å². The molecule has 1 heterocycles. The highest BCUT2D eigenvalue weighted by atomic mass is 32.2. The molecular weight excluding hydrogens is 456 g/mol. The van der Waals surface area contributed by atoms with Crippen LogP contribution in [-0.2, 0) is 17.1 Å². The highest BCUT2D eigenvalue weighted by Gasteiger charge is 2.18. The Morgan fingerprint density at radius 2 is 1.59 bits per heavy atom. The van der Waals surface area contributed by atoms with Crippen molar-refractivity contribution in [2.24, 2.45) is 7.05 Å². The number of hydrazine groups is 1. The molecule has 0 saturated heterocycles. The number of aromatic nitrogens is 1. The Morgan fingerprint density at radius 3 is 2.32 bits per heavy atom. The summed E-state index contributed by atoms with van der Waals surface area (Å²) in [4.78, 5) is 25.1. The highest BCUT2D eigenvalue weighted by Crippen LogP contribution is 2.21. The number of nitrogens with zero attached hydrogens (tertiary/aromatic N) is 1. The monoisotopic (exact) mass is 478 g/mol. The lowest BCUT2D eigenvalue weighted by Crippen LogP contribution is -2.41. The molecule has 4 rings (SSSR count). The van der Waals surface area contributed by atoms with Crippen LogP contribution < -0.4 is 20.3 Å². The minimum atomic E-state index is -3.95. The summed E-state index contributed by atoms with van der Waals surface area (Å²) in [5, 5.41) is 0.745. The van der Waals surface area contributed by atoms with Gasteiger partial charge in [0, 0.05) is 35.4 Å². The van der Waals surface area contributed by atoms with E-state index in [4.69, 9.17) is 4.74 Å². The van der Waals surface area contributed by atoms with Crippen LogP contribution in [0.5, 0.6) is 5.75 Å². The molecule has 0 radical (unpaired) electrons. The predicted molar refractivity (Wildman–Crippen MR) is 128 cm³/mol. The Labute approximate surface area is 196 Å². The van der Waals surface area contributed by atoms with Gasteiger partial charge in [0.15, 0.2) is 0 Å². The largest absolute Gasteiger partial charge is 0.497 e. The number of hydrogen-bond acceptors (Lipinski definition) is 5. The Kier molecular flexibility index (Phi) is 6.24. The third-order valence-corrected chi connectivity index (χ3v) is 6.56. The maximum Gasteiger partial charge on any atom is 0.271 e. The van der Waals surface area contributed by atoms with Gasteiger partial charge in [-0.3, -0.25) is 25.2 Å². The van der Waals surface area contributed by atoms with Gasteiger partial charge in [-0.15, -0.1) is 0 Å². The average Bonchev–Trinajstić information content (AvgIpc) is 3.19. The Hall–Kier alpha value is -4.31. The molecule has 34 heavy (non-hydrogen) atoms. The van der Waals surface area contributed by atoms with E-state index in [1.807, 2.05) is 35.9 Å². The van der Waals surface area contributed by atoms with Crippen molar-refractivity contribution in [1.29, 1.82) is 0 Å². The van der Waals surface area contributed by atoms with Gasteiger partial charge in [-0.1, -0.05) is 24.3 Å². The van der Waals surface area contributed by atoms with Crippen LogP contribution in [0.25, 0.3) is 10.9 Å². The fourth-order valence-corrected chi connectivity index (χ4v) is 4.56. The van der Waals surface area contributed by atoms with Gasteiger partial charge in [-0.2, -0.15) is 0 Å². The molecule has 9 nitrogen and oxygen atoms in total. The van der Waals surface area contributed by atoms with Gasteiger partial charge in [0.1, 0.15) is 5.75 Å². The van der Waals surface area contributed by atoms with Crippen LogP contribution in [0, 0.1) is 0 Å². The third kappa shape index (κ3) is 4.71. The third-order valence-electron chi connectivity index (χ3n) is 5.18. The molecule has 0 unspecified atom stereocenters. The Morgan fingerprint density at radius 1 is 0.882 bits per heavy atom. The van der Waals surface area contributed by atoms with E-state index in [0.717, 1.165) is 10.9 Å². The summed E-state index contributed by atoms with van der Waals surface area (Å²) in [7, 11) is -0.609. The number of methoxy groups -OCH3 is 1. The van der Waals surface area contributed by atoms with Gasteiger partial charge in [-0.25, -0.2) is 8.42 Å². The summed E-state index contributed by atoms with van der Waals surface area (Å²) in [5.41, 5.74) is 6.41. The predicted octanol–water partition coefficient (Wildman–Crippen LogP) is 3.06. The first kappa shape index (κ1) is 22.9. The summed E-state index contributed by atoms with van der Waals surface area (Å²) in [5.74, 6) is -0.558. The second-order valence-electron chi connectivity index (χ2n) is 7.44. The van der Waals surface area contributed by atoms with Crippen molar-refractivity contribution >= 4 is 38.4 Å². The number of sulfonamides is 1. The van der Waals surface area contributed by atoms with Gasteiger partial charge in [0.2, 0.25) is 0 Å². The molecule has 0 bridgehead atoms. The topological polar surface area (TPSA) is 119 Å². The summed E-state index contributed by atoms with van der Waals surface area (Å²) >= 11 is 0. The van der Waals surface area contributed by atoms with Crippen molar-refractivity contribution in [1.82, 2.24) is 15.4 Å². The fraction of sp³-hybridized carbons (Fsp3) is 0.0833. The number of rotatable bonds is 6. The van der Waals surface area contributed by atoms with Crippen LogP contribution in [0.2, 0.25) is 0 Å². The van der Waals surface area contributed by atoms with Gasteiger partial charge < -0.3 is 9.30 Å². The number of benzene rings is 3. The van der Waals surface area contributed by atoms with Crippen molar-refractivity contribution in [2.45, 2.75) is 4.90 Å². The van der Waals surface area contributed by atoms with Crippen LogP contribution in [0.1, 0.15) is 20.7 Å². The van der Waals surface area contributed by atoms with E-state index in [1.54, 1.807) is 30.5 Å². The lowest BCUT2D eigenvalue weighted by atomic mass is 10.2. The number of aryl methyl sites for hydroxylation is 1. The number of anilines is 1. The van der Waals surface area contributed by atoms with Gasteiger partial charge in [0.25, 0.3) is 21.8 Å². The quantitative estimate of drug-likeness (QED) is 0.368. The summed E-state index contributed by atoms with van der Waals surface area (Å²) < 4.78 is 34.9. The molecule has 4 aromatic rings. The molecular formula is C24H22N4O5S. The molecule has 2 amide bonds. The van der Waals surface area contributed by atoms with E-state index >= 15 is 0 Å². The molecule has 1 aromatic heterocycles. The first-order valence-corrected chi connectivity index (χ1v) is 11.7. The Balaban J connectivity index is 1.46. The van der Waals surface area contributed by atoms with Crippen LogP contribution in [0.3, 0.4) is 0 Å². The lowest BCUT2D eigenvalue weighted by molar-refractivity contribution is 0.0847. The molecule has 10 heteroatoms. The van der Waals surface area contributed by atoms with E-state index in [9.17, 15) is 18.0 Å². The highest BCUT2D eigenvalue weighted by molar-refractivity contribution is 7.92. The number of hydrogen-bond donors (Lipinski definition) is 3.